The van der Waals surface area contributed by atoms with Gasteiger partial charge in [0.05, 0.1) is 5.92 Å². The average Bonchev–Trinajstić information content (AvgIpc) is 3.25. The van der Waals surface area contributed by atoms with E-state index in [4.69, 9.17) is 15.1 Å². The van der Waals surface area contributed by atoms with Crippen LogP contribution in [0.4, 0.5) is 0 Å². The lowest BCUT2D eigenvalue weighted by molar-refractivity contribution is -0.152. The molecule has 0 radical (unpaired) electrons. The van der Waals surface area contributed by atoms with Gasteiger partial charge >= 0.3 is 5.97 Å². The summed E-state index contributed by atoms with van der Waals surface area (Å²) in [7, 11) is 0. The number of hydrogen-bond donors (Lipinski definition) is 1. The molecule has 240 valence electrons. The second kappa shape index (κ2) is 18.1. The van der Waals surface area contributed by atoms with Crippen LogP contribution in [-0.2, 0) is 9.59 Å². The molecule has 0 aromatic carbocycles. The number of aromatic nitrogens is 2. The molecule has 2 aliphatic carbocycles. The summed E-state index contributed by atoms with van der Waals surface area (Å²) in [6.07, 6.45) is 35.5. The number of carbonyl (C=O) groups excluding carboxylic acids is 1. The molecular weight excluding hydrogens is 546 g/mol. The summed E-state index contributed by atoms with van der Waals surface area (Å²) in [5.74, 6) is 1.30. The van der Waals surface area contributed by atoms with Crippen LogP contribution < -0.4 is 0 Å². The molecule has 0 spiro atoms. The highest BCUT2D eigenvalue weighted by atomic mass is 16.4. The number of carboxylic acids is 1. The third-order valence-electron chi connectivity index (χ3n) is 9.84. The zero-order valence-electron chi connectivity index (χ0n) is 27.3. The van der Waals surface area contributed by atoms with Gasteiger partial charge in [0.1, 0.15) is 0 Å². The Hall–Kier alpha value is -3.02. The van der Waals surface area contributed by atoms with E-state index in [9.17, 15) is 9.59 Å². The highest BCUT2D eigenvalue weighted by Gasteiger charge is 2.35. The standard InChI is InChI=1S/C38H55N3O3/c1-3-5-6-7-12-29(11-4-2)13-8-9-14-30-17-21-32(22-18-30)34-25-39-37(40-26-34)33-16-10-15-31(19-23-33)20-24-36(42)41-27-35(28-41)38(43)44/h15-16,19,21,23,25-26,29-30,35H,3-14,17-18,20,22,24,27-28H2,1-2H3,(H,43,44). The number of amides is 1. The van der Waals surface area contributed by atoms with Crippen LogP contribution in [0.2, 0.25) is 0 Å². The molecule has 1 amide bonds. The minimum atomic E-state index is -0.818. The van der Waals surface area contributed by atoms with E-state index >= 15 is 0 Å². The van der Waals surface area contributed by atoms with Gasteiger partial charge in [-0.25, -0.2) is 9.97 Å². The Morgan fingerprint density at radius 1 is 0.932 bits per heavy atom. The van der Waals surface area contributed by atoms with Crippen molar-refractivity contribution in [3.05, 3.63) is 59.7 Å². The first-order chi connectivity index (χ1) is 21.5. The fourth-order valence-corrected chi connectivity index (χ4v) is 6.89. The van der Waals surface area contributed by atoms with Crippen molar-refractivity contribution in [1.82, 2.24) is 14.9 Å². The number of hydrogen-bond acceptors (Lipinski definition) is 4. The molecule has 2 unspecified atom stereocenters. The van der Waals surface area contributed by atoms with Crippen molar-refractivity contribution in [1.29, 1.82) is 0 Å². The van der Waals surface area contributed by atoms with E-state index < -0.39 is 11.9 Å². The molecule has 44 heavy (non-hydrogen) atoms. The van der Waals surface area contributed by atoms with Gasteiger partial charge in [-0.05, 0) is 49.5 Å². The molecule has 1 aromatic rings. The van der Waals surface area contributed by atoms with E-state index in [1.165, 1.54) is 89.0 Å². The lowest BCUT2D eigenvalue weighted by Gasteiger charge is -2.36. The number of unbranched alkanes of at least 4 members (excludes halogenated alkanes) is 4. The van der Waals surface area contributed by atoms with Crippen molar-refractivity contribution in [2.45, 2.75) is 123 Å². The van der Waals surface area contributed by atoms with Gasteiger partial charge in [-0.1, -0.05) is 120 Å². The molecule has 1 aromatic heterocycles. The normalized spacial score (nSPS) is 19.5. The predicted octanol–water partition coefficient (Wildman–Crippen LogP) is 9.20. The Bertz CT molecular complexity index is 1190. The molecule has 1 N–H and O–H groups in total. The molecule has 2 heterocycles. The van der Waals surface area contributed by atoms with E-state index in [2.05, 4.69) is 38.2 Å². The number of allylic oxidation sites excluding steroid dienone is 8. The van der Waals surface area contributed by atoms with E-state index in [0.717, 1.165) is 47.2 Å². The summed E-state index contributed by atoms with van der Waals surface area (Å²) < 4.78 is 0. The lowest BCUT2D eigenvalue weighted by Crippen LogP contribution is -2.52. The zero-order chi connectivity index (χ0) is 31.1. The SMILES string of the molecule is CCCCCCC(CCC)CCCCC1CC=C(c2cnc(C3=CCC=C(CCC(=O)N4CC(C(=O)O)C4)C=C3)nc2)CC1. The fraction of sp³-hybridized carbons (Fsp3) is 0.632. The first-order valence-corrected chi connectivity index (χ1v) is 17.6. The van der Waals surface area contributed by atoms with Gasteiger partial charge in [0, 0.05) is 43.0 Å². The molecule has 1 saturated heterocycles. The van der Waals surface area contributed by atoms with Crippen LogP contribution >= 0.6 is 0 Å². The summed E-state index contributed by atoms with van der Waals surface area (Å²) in [5, 5.41) is 9.02. The minimum absolute atomic E-state index is 0.0283. The van der Waals surface area contributed by atoms with Gasteiger partial charge in [0.15, 0.2) is 5.82 Å². The molecule has 6 heteroatoms. The van der Waals surface area contributed by atoms with Crippen molar-refractivity contribution < 1.29 is 14.7 Å². The number of carboxylic acid groups (broad SMARTS) is 1. The van der Waals surface area contributed by atoms with Crippen LogP contribution in [0.5, 0.6) is 0 Å². The van der Waals surface area contributed by atoms with Gasteiger partial charge in [0.2, 0.25) is 5.91 Å². The van der Waals surface area contributed by atoms with Gasteiger partial charge < -0.3 is 10.0 Å². The van der Waals surface area contributed by atoms with Crippen LogP contribution in [-0.4, -0.2) is 44.9 Å². The van der Waals surface area contributed by atoms with Gasteiger partial charge in [0.25, 0.3) is 0 Å². The van der Waals surface area contributed by atoms with Crippen molar-refractivity contribution in [3.8, 4) is 0 Å². The predicted molar refractivity (Wildman–Crippen MR) is 180 cm³/mol. The van der Waals surface area contributed by atoms with Crippen LogP contribution in [0.3, 0.4) is 0 Å². The van der Waals surface area contributed by atoms with E-state index in [1.54, 1.807) is 4.90 Å². The summed E-state index contributed by atoms with van der Waals surface area (Å²) >= 11 is 0. The number of carbonyl (C=O) groups is 2. The maximum Gasteiger partial charge on any atom is 0.310 e. The van der Waals surface area contributed by atoms with Crippen LogP contribution in [0.15, 0.2) is 48.3 Å². The van der Waals surface area contributed by atoms with Crippen LogP contribution in [0.25, 0.3) is 11.1 Å². The molecule has 2 atom stereocenters. The van der Waals surface area contributed by atoms with E-state index in [-0.39, 0.29) is 5.91 Å². The number of likely N-dealkylation sites (tertiary alicyclic amines) is 1. The van der Waals surface area contributed by atoms with Crippen molar-refractivity contribution in [3.63, 3.8) is 0 Å². The Morgan fingerprint density at radius 2 is 1.70 bits per heavy atom. The molecule has 0 bridgehead atoms. The van der Waals surface area contributed by atoms with Crippen molar-refractivity contribution >= 4 is 23.0 Å². The summed E-state index contributed by atoms with van der Waals surface area (Å²) in [4.78, 5) is 34.4. The zero-order valence-corrected chi connectivity index (χ0v) is 27.3. The smallest absolute Gasteiger partial charge is 0.310 e. The van der Waals surface area contributed by atoms with Gasteiger partial charge in [-0.15, -0.1) is 0 Å². The van der Waals surface area contributed by atoms with Crippen LogP contribution in [0.1, 0.15) is 134 Å². The topological polar surface area (TPSA) is 83.4 Å². The highest BCUT2D eigenvalue weighted by Crippen LogP contribution is 2.33. The number of rotatable bonds is 18. The first kappa shape index (κ1) is 33.9. The third-order valence-corrected chi connectivity index (χ3v) is 9.84. The molecule has 6 nitrogen and oxygen atoms in total. The monoisotopic (exact) mass is 601 g/mol. The summed E-state index contributed by atoms with van der Waals surface area (Å²) in [5.41, 5.74) is 4.64. The quantitative estimate of drug-likeness (QED) is 0.170. The van der Waals surface area contributed by atoms with Crippen molar-refractivity contribution in [2.75, 3.05) is 13.1 Å². The summed E-state index contributed by atoms with van der Waals surface area (Å²) in [6, 6.07) is 0. The molecule has 1 aliphatic heterocycles. The third kappa shape index (κ3) is 10.6. The Kier molecular flexibility index (Phi) is 13.9. The number of nitrogens with zero attached hydrogens (tertiary/aromatic N) is 3. The summed E-state index contributed by atoms with van der Waals surface area (Å²) in [6.45, 7) is 5.30. The highest BCUT2D eigenvalue weighted by molar-refractivity contribution is 5.81. The lowest BCUT2D eigenvalue weighted by atomic mass is 9.83. The largest absolute Gasteiger partial charge is 0.481 e. The molecular formula is C38H55N3O3. The van der Waals surface area contributed by atoms with Gasteiger partial charge in [-0.2, -0.15) is 0 Å². The van der Waals surface area contributed by atoms with E-state index in [1.807, 2.05) is 18.5 Å². The Morgan fingerprint density at radius 3 is 2.39 bits per heavy atom. The average molecular weight is 602 g/mol. The molecule has 0 saturated carbocycles. The molecule has 1 fully saturated rings. The first-order valence-electron chi connectivity index (χ1n) is 17.6. The fourth-order valence-electron chi connectivity index (χ4n) is 6.89. The molecule has 4 rings (SSSR count). The second-order valence-electron chi connectivity index (χ2n) is 13.3. The molecule has 3 aliphatic rings. The van der Waals surface area contributed by atoms with Crippen molar-refractivity contribution in [2.24, 2.45) is 17.8 Å². The Labute approximate surface area is 265 Å². The maximum atomic E-state index is 12.4. The minimum Gasteiger partial charge on any atom is -0.481 e. The second-order valence-corrected chi connectivity index (χ2v) is 13.3. The number of aliphatic carboxylic acids is 1. The van der Waals surface area contributed by atoms with Crippen LogP contribution in [0, 0.1) is 17.8 Å². The van der Waals surface area contributed by atoms with Gasteiger partial charge in [-0.3, -0.25) is 9.59 Å². The van der Waals surface area contributed by atoms with E-state index in [0.29, 0.717) is 25.9 Å². The Balaban J connectivity index is 1.16. The maximum absolute atomic E-state index is 12.4.